The number of ether oxygens (including phenoxy) is 3. The van der Waals surface area contributed by atoms with Crippen molar-refractivity contribution in [2.75, 3.05) is 6.61 Å². The molecule has 0 saturated carbocycles. The Kier molecular flexibility index (Phi) is 5.44. The zero-order valence-electron chi connectivity index (χ0n) is 13.7. The minimum Gasteiger partial charge on any atom is -0.460 e. The lowest BCUT2D eigenvalue weighted by atomic mass is 10.1. The van der Waals surface area contributed by atoms with E-state index in [1.807, 2.05) is 51.3 Å². The second-order valence-electron chi connectivity index (χ2n) is 6.04. The SMILES string of the molecule is CCOC1(CC(=O)OC(C)(C)C)OC(=S)N/C1=C/c1cccs1. The van der Waals surface area contributed by atoms with Crippen LogP contribution < -0.4 is 5.32 Å². The zero-order chi connectivity index (χ0) is 17.1. The Hall–Kier alpha value is -1.44. The molecule has 0 bridgehead atoms. The minimum absolute atomic E-state index is 0.0809. The third kappa shape index (κ3) is 4.76. The van der Waals surface area contributed by atoms with Crippen LogP contribution in [0.1, 0.15) is 39.0 Å². The third-order valence-corrected chi connectivity index (χ3v) is 3.91. The molecule has 2 rings (SSSR count). The van der Waals surface area contributed by atoms with Gasteiger partial charge in [-0.15, -0.1) is 11.3 Å². The molecule has 0 amide bonds. The lowest BCUT2D eigenvalue weighted by Gasteiger charge is -2.28. The highest BCUT2D eigenvalue weighted by Crippen LogP contribution is 2.34. The molecule has 1 aromatic heterocycles. The van der Waals surface area contributed by atoms with Crippen LogP contribution in [0.4, 0.5) is 0 Å². The second kappa shape index (κ2) is 6.98. The van der Waals surface area contributed by atoms with Gasteiger partial charge in [-0.25, -0.2) is 0 Å². The highest BCUT2D eigenvalue weighted by molar-refractivity contribution is 7.80. The number of thiocarbonyl (C=S) groups is 1. The van der Waals surface area contributed by atoms with Gasteiger partial charge in [0, 0.05) is 11.5 Å². The molecule has 0 radical (unpaired) electrons. The summed E-state index contributed by atoms with van der Waals surface area (Å²) in [4.78, 5) is 13.3. The first-order valence-electron chi connectivity index (χ1n) is 7.35. The number of nitrogens with one attached hydrogen (secondary N) is 1. The van der Waals surface area contributed by atoms with Crippen molar-refractivity contribution in [2.45, 2.75) is 45.5 Å². The summed E-state index contributed by atoms with van der Waals surface area (Å²) in [6.07, 6.45) is 1.80. The van der Waals surface area contributed by atoms with Crippen LogP contribution in [-0.4, -0.2) is 29.1 Å². The topological polar surface area (TPSA) is 56.8 Å². The first kappa shape index (κ1) is 17.9. The van der Waals surface area contributed by atoms with E-state index in [0.29, 0.717) is 12.3 Å². The smallest absolute Gasteiger partial charge is 0.313 e. The fraction of sp³-hybridized carbons (Fsp3) is 0.500. The average Bonchev–Trinajstić information content (AvgIpc) is 2.97. The lowest BCUT2D eigenvalue weighted by molar-refractivity contribution is -0.183. The largest absolute Gasteiger partial charge is 0.460 e. The van der Waals surface area contributed by atoms with Crippen LogP contribution in [-0.2, 0) is 19.0 Å². The Labute approximate surface area is 145 Å². The molecule has 1 aliphatic rings. The number of thiophene rings is 1. The fourth-order valence-electron chi connectivity index (χ4n) is 2.19. The van der Waals surface area contributed by atoms with Gasteiger partial charge in [-0.05, 0) is 57.4 Å². The van der Waals surface area contributed by atoms with E-state index in [1.54, 1.807) is 11.3 Å². The van der Waals surface area contributed by atoms with Crippen LogP contribution >= 0.6 is 23.6 Å². The van der Waals surface area contributed by atoms with E-state index in [2.05, 4.69) is 5.32 Å². The maximum Gasteiger partial charge on any atom is 0.313 e. The molecular weight excluding hydrogens is 334 g/mol. The van der Waals surface area contributed by atoms with Gasteiger partial charge in [0.1, 0.15) is 12.0 Å². The van der Waals surface area contributed by atoms with Crippen LogP contribution in [0.2, 0.25) is 0 Å². The maximum absolute atomic E-state index is 12.3. The predicted molar refractivity (Wildman–Crippen MR) is 93.9 cm³/mol. The normalized spacial score (nSPS) is 22.8. The van der Waals surface area contributed by atoms with E-state index in [1.165, 1.54) is 0 Å². The first-order chi connectivity index (χ1) is 10.7. The number of carbonyl (C=O) groups excluding carboxylic acids is 1. The summed E-state index contributed by atoms with van der Waals surface area (Å²) in [5, 5.41) is 5.13. The van der Waals surface area contributed by atoms with Crippen LogP contribution in [0.25, 0.3) is 6.08 Å². The van der Waals surface area contributed by atoms with E-state index in [0.717, 1.165) is 4.88 Å². The quantitative estimate of drug-likeness (QED) is 0.645. The van der Waals surface area contributed by atoms with Crippen LogP contribution in [0.5, 0.6) is 0 Å². The lowest BCUT2D eigenvalue weighted by Crippen LogP contribution is -2.39. The summed E-state index contributed by atoms with van der Waals surface area (Å²) in [5.41, 5.74) is 0.0342. The standard InChI is InChI=1S/C16H21NO4S2/c1-5-19-16(10-13(18)20-15(2,3)4)12(17-14(22)21-16)9-11-7-6-8-23-11/h6-9H,5,10H2,1-4H3,(H,17,22)/b12-9+. The fourth-order valence-corrected chi connectivity index (χ4v) is 3.09. The average molecular weight is 355 g/mol. The summed E-state index contributed by atoms with van der Waals surface area (Å²) >= 11 is 6.69. The van der Waals surface area contributed by atoms with Crippen LogP contribution in [0.15, 0.2) is 23.2 Å². The molecular formula is C16H21NO4S2. The molecule has 1 fully saturated rings. The zero-order valence-corrected chi connectivity index (χ0v) is 15.3. The van der Waals surface area contributed by atoms with Gasteiger partial charge in [-0.1, -0.05) is 6.07 Å². The van der Waals surface area contributed by atoms with E-state index in [9.17, 15) is 4.79 Å². The first-order valence-corrected chi connectivity index (χ1v) is 8.64. The molecule has 1 N–H and O–H groups in total. The van der Waals surface area contributed by atoms with Crippen LogP contribution in [0, 0.1) is 0 Å². The van der Waals surface area contributed by atoms with Gasteiger partial charge in [0.05, 0.1) is 5.70 Å². The monoisotopic (exact) mass is 355 g/mol. The highest BCUT2D eigenvalue weighted by atomic mass is 32.1. The summed E-state index contributed by atoms with van der Waals surface area (Å²) in [5.74, 6) is -1.67. The minimum atomic E-state index is -1.27. The molecule has 0 spiro atoms. The molecule has 126 valence electrons. The number of esters is 1. The number of hydrogen-bond acceptors (Lipinski definition) is 6. The maximum atomic E-state index is 12.3. The van der Waals surface area contributed by atoms with E-state index >= 15 is 0 Å². The molecule has 7 heteroatoms. The van der Waals surface area contributed by atoms with Gasteiger partial charge in [-0.3, -0.25) is 4.79 Å². The van der Waals surface area contributed by atoms with Crippen molar-refractivity contribution in [1.29, 1.82) is 0 Å². The summed E-state index contributed by atoms with van der Waals surface area (Å²) in [6, 6.07) is 3.91. The Bertz CT molecular complexity index is 604. The van der Waals surface area contributed by atoms with Gasteiger partial charge in [0.2, 0.25) is 0 Å². The Morgan fingerprint density at radius 2 is 2.26 bits per heavy atom. The van der Waals surface area contributed by atoms with Gasteiger partial charge in [0.25, 0.3) is 11.0 Å². The van der Waals surface area contributed by atoms with Crippen molar-refractivity contribution in [3.63, 3.8) is 0 Å². The third-order valence-electron chi connectivity index (χ3n) is 2.91. The Morgan fingerprint density at radius 1 is 1.52 bits per heavy atom. The second-order valence-corrected chi connectivity index (χ2v) is 7.39. The van der Waals surface area contributed by atoms with Gasteiger partial charge < -0.3 is 19.5 Å². The number of hydrogen-bond donors (Lipinski definition) is 1. The van der Waals surface area contributed by atoms with Crippen LogP contribution in [0.3, 0.4) is 0 Å². The van der Waals surface area contributed by atoms with Crippen molar-refractivity contribution in [1.82, 2.24) is 5.32 Å². The molecule has 1 atom stereocenters. The molecule has 1 aliphatic heterocycles. The molecule has 1 saturated heterocycles. The van der Waals surface area contributed by atoms with Crippen molar-refractivity contribution in [3.8, 4) is 0 Å². The van der Waals surface area contributed by atoms with Gasteiger partial charge in [-0.2, -0.15) is 0 Å². The number of rotatable bonds is 5. The van der Waals surface area contributed by atoms with E-state index < -0.39 is 17.4 Å². The molecule has 5 nitrogen and oxygen atoms in total. The van der Waals surface area contributed by atoms with Gasteiger partial charge >= 0.3 is 5.97 Å². The predicted octanol–water partition coefficient (Wildman–Crippen LogP) is 3.46. The summed E-state index contributed by atoms with van der Waals surface area (Å²) in [7, 11) is 0. The molecule has 1 unspecified atom stereocenters. The molecule has 0 aliphatic carbocycles. The van der Waals surface area contributed by atoms with Crippen molar-refractivity contribution < 1.29 is 19.0 Å². The van der Waals surface area contributed by atoms with Crippen molar-refractivity contribution >= 4 is 40.8 Å². The molecule has 1 aromatic rings. The number of carbonyl (C=O) groups is 1. The van der Waals surface area contributed by atoms with Gasteiger partial charge in [0.15, 0.2) is 0 Å². The van der Waals surface area contributed by atoms with E-state index in [4.69, 9.17) is 26.4 Å². The van der Waals surface area contributed by atoms with E-state index in [-0.39, 0.29) is 11.6 Å². The van der Waals surface area contributed by atoms with Crippen molar-refractivity contribution in [2.24, 2.45) is 0 Å². The summed E-state index contributed by atoms with van der Waals surface area (Å²) < 4.78 is 16.8. The molecule has 0 aromatic carbocycles. The molecule has 2 heterocycles. The Balaban J connectivity index is 2.29. The highest BCUT2D eigenvalue weighted by Gasteiger charge is 2.47. The van der Waals surface area contributed by atoms with Crippen molar-refractivity contribution in [3.05, 3.63) is 28.1 Å². The summed E-state index contributed by atoms with van der Waals surface area (Å²) in [6.45, 7) is 7.66. The Morgan fingerprint density at radius 3 is 2.83 bits per heavy atom. The molecule has 23 heavy (non-hydrogen) atoms.